The summed E-state index contributed by atoms with van der Waals surface area (Å²) in [6.07, 6.45) is 1.47. The van der Waals surface area contributed by atoms with E-state index >= 15 is 0 Å². The van der Waals surface area contributed by atoms with Gasteiger partial charge in [-0.1, -0.05) is 60.7 Å². The highest BCUT2D eigenvalue weighted by molar-refractivity contribution is 5.94. The molecule has 0 aliphatic carbocycles. The Morgan fingerprint density at radius 3 is 2.31 bits per heavy atom. The minimum Gasteiger partial charge on any atom is -0.508 e. The van der Waals surface area contributed by atoms with Crippen LogP contribution in [0.4, 0.5) is 0 Å². The second kappa shape index (κ2) is 9.85. The number of nitrogens with zero attached hydrogens (tertiary/aromatic N) is 1. The number of aromatic hydroxyl groups is 1. The fourth-order valence-corrected chi connectivity index (χ4v) is 2.78. The summed E-state index contributed by atoms with van der Waals surface area (Å²) in [5.41, 5.74) is 4.46. The summed E-state index contributed by atoms with van der Waals surface area (Å²) in [4.78, 5) is 24.9. The molecule has 0 bridgehead atoms. The van der Waals surface area contributed by atoms with Gasteiger partial charge in [-0.25, -0.2) is 5.43 Å². The highest BCUT2D eigenvalue weighted by Gasteiger charge is 2.19. The zero-order valence-electron chi connectivity index (χ0n) is 15.7. The molecule has 0 aromatic heterocycles. The largest absolute Gasteiger partial charge is 0.508 e. The average molecular weight is 387 g/mol. The zero-order valence-corrected chi connectivity index (χ0v) is 15.7. The maximum absolute atomic E-state index is 12.5. The van der Waals surface area contributed by atoms with Crippen LogP contribution in [0.2, 0.25) is 0 Å². The van der Waals surface area contributed by atoms with Gasteiger partial charge >= 0.3 is 0 Å². The molecule has 3 N–H and O–H groups in total. The van der Waals surface area contributed by atoms with Crippen LogP contribution in [0.25, 0.3) is 0 Å². The summed E-state index contributed by atoms with van der Waals surface area (Å²) in [7, 11) is 0. The number of benzene rings is 3. The molecule has 29 heavy (non-hydrogen) atoms. The SMILES string of the molecule is O=C(C[C@@H](NC(=O)c1ccccc1)c1ccccc1)N/N=C\c1cccc(O)c1. The van der Waals surface area contributed by atoms with Gasteiger partial charge in [0.1, 0.15) is 5.75 Å². The Balaban J connectivity index is 1.66. The zero-order chi connectivity index (χ0) is 20.5. The van der Waals surface area contributed by atoms with E-state index in [0.29, 0.717) is 11.1 Å². The molecule has 146 valence electrons. The third-order valence-electron chi connectivity index (χ3n) is 4.21. The number of phenols is 1. The monoisotopic (exact) mass is 387 g/mol. The van der Waals surface area contributed by atoms with Crippen LogP contribution in [0.3, 0.4) is 0 Å². The van der Waals surface area contributed by atoms with Gasteiger partial charge in [0.15, 0.2) is 0 Å². The van der Waals surface area contributed by atoms with Crippen LogP contribution in [0.1, 0.15) is 33.9 Å². The van der Waals surface area contributed by atoms with Crippen molar-refractivity contribution in [1.29, 1.82) is 0 Å². The van der Waals surface area contributed by atoms with Crippen molar-refractivity contribution < 1.29 is 14.7 Å². The predicted molar refractivity (Wildman–Crippen MR) is 112 cm³/mol. The molecule has 0 fully saturated rings. The van der Waals surface area contributed by atoms with E-state index in [4.69, 9.17) is 0 Å². The van der Waals surface area contributed by atoms with Crippen LogP contribution in [0, 0.1) is 0 Å². The van der Waals surface area contributed by atoms with Crippen LogP contribution in [0.15, 0.2) is 90.0 Å². The van der Waals surface area contributed by atoms with Gasteiger partial charge in [-0.05, 0) is 35.4 Å². The Morgan fingerprint density at radius 1 is 0.931 bits per heavy atom. The van der Waals surface area contributed by atoms with E-state index in [2.05, 4.69) is 15.8 Å². The lowest BCUT2D eigenvalue weighted by molar-refractivity contribution is -0.121. The first-order valence-electron chi connectivity index (χ1n) is 9.13. The molecule has 6 heteroatoms. The summed E-state index contributed by atoms with van der Waals surface area (Å²) in [6.45, 7) is 0. The van der Waals surface area contributed by atoms with Gasteiger partial charge < -0.3 is 10.4 Å². The molecule has 0 heterocycles. The number of phenolic OH excluding ortho intramolecular Hbond substituents is 1. The van der Waals surface area contributed by atoms with Crippen LogP contribution in [-0.2, 0) is 4.79 Å². The number of hydrogen-bond acceptors (Lipinski definition) is 4. The molecule has 0 radical (unpaired) electrons. The molecular weight excluding hydrogens is 366 g/mol. The molecule has 0 saturated heterocycles. The fraction of sp³-hybridized carbons (Fsp3) is 0.0870. The van der Waals surface area contributed by atoms with E-state index in [0.717, 1.165) is 5.56 Å². The molecule has 0 aliphatic rings. The summed E-state index contributed by atoms with van der Waals surface area (Å²) in [6, 6.07) is 24.2. The molecule has 3 aromatic rings. The third kappa shape index (κ3) is 6.04. The van der Waals surface area contributed by atoms with E-state index in [-0.39, 0.29) is 24.0 Å². The number of rotatable bonds is 7. The minimum atomic E-state index is -0.500. The quantitative estimate of drug-likeness (QED) is 0.429. The lowest BCUT2D eigenvalue weighted by Gasteiger charge is -2.18. The van der Waals surface area contributed by atoms with E-state index in [9.17, 15) is 14.7 Å². The maximum atomic E-state index is 12.5. The van der Waals surface area contributed by atoms with Gasteiger partial charge in [0, 0.05) is 5.56 Å². The van der Waals surface area contributed by atoms with Gasteiger partial charge in [-0.2, -0.15) is 5.10 Å². The first kappa shape index (κ1) is 19.8. The molecule has 0 unspecified atom stereocenters. The normalized spacial score (nSPS) is 11.7. The molecule has 6 nitrogen and oxygen atoms in total. The second-order valence-electron chi connectivity index (χ2n) is 6.40. The van der Waals surface area contributed by atoms with Crippen molar-refractivity contribution in [3.8, 4) is 5.75 Å². The maximum Gasteiger partial charge on any atom is 0.251 e. The smallest absolute Gasteiger partial charge is 0.251 e. The number of amides is 2. The summed E-state index contributed by atoms with van der Waals surface area (Å²) in [5, 5.41) is 16.3. The Kier molecular flexibility index (Phi) is 6.73. The molecule has 2 amide bonds. The average Bonchev–Trinajstić information content (AvgIpc) is 2.74. The molecule has 3 rings (SSSR count). The van der Waals surface area contributed by atoms with Crippen molar-refractivity contribution in [1.82, 2.24) is 10.7 Å². The van der Waals surface area contributed by atoms with Crippen molar-refractivity contribution in [3.05, 3.63) is 102 Å². The Bertz CT molecular complexity index is 989. The van der Waals surface area contributed by atoms with Gasteiger partial charge in [-0.3, -0.25) is 9.59 Å². The van der Waals surface area contributed by atoms with Crippen molar-refractivity contribution in [2.45, 2.75) is 12.5 Å². The van der Waals surface area contributed by atoms with Crippen LogP contribution in [-0.4, -0.2) is 23.1 Å². The Morgan fingerprint density at radius 2 is 1.62 bits per heavy atom. The van der Waals surface area contributed by atoms with Gasteiger partial charge in [0.05, 0.1) is 18.7 Å². The summed E-state index contributed by atoms with van der Waals surface area (Å²) < 4.78 is 0. The van der Waals surface area contributed by atoms with E-state index < -0.39 is 6.04 Å². The molecule has 0 aliphatic heterocycles. The highest BCUT2D eigenvalue weighted by Crippen LogP contribution is 2.17. The first-order chi connectivity index (χ1) is 14.1. The molecule has 0 saturated carbocycles. The Hall–Kier alpha value is -3.93. The number of hydrazone groups is 1. The summed E-state index contributed by atoms with van der Waals surface area (Å²) >= 11 is 0. The van der Waals surface area contributed by atoms with Crippen molar-refractivity contribution in [2.75, 3.05) is 0 Å². The fourth-order valence-electron chi connectivity index (χ4n) is 2.78. The standard InChI is InChI=1S/C23H21N3O3/c27-20-13-7-8-17(14-20)16-24-26-22(28)15-21(18-9-3-1-4-10-18)25-23(29)19-11-5-2-6-12-19/h1-14,16,21,27H,15H2,(H,25,29)(H,26,28)/b24-16-/t21-/m1/s1. The van der Waals surface area contributed by atoms with Crippen molar-refractivity contribution in [2.24, 2.45) is 5.10 Å². The van der Waals surface area contributed by atoms with E-state index in [1.807, 2.05) is 36.4 Å². The van der Waals surface area contributed by atoms with Gasteiger partial charge in [0.25, 0.3) is 5.91 Å². The topological polar surface area (TPSA) is 90.8 Å². The van der Waals surface area contributed by atoms with E-state index in [1.54, 1.807) is 42.5 Å². The Labute approximate surface area is 168 Å². The predicted octanol–water partition coefficient (Wildman–Crippen LogP) is 3.40. The molecular formula is C23H21N3O3. The molecule has 1 atom stereocenters. The lowest BCUT2D eigenvalue weighted by Crippen LogP contribution is -2.32. The molecule has 0 spiro atoms. The third-order valence-corrected chi connectivity index (χ3v) is 4.21. The van der Waals surface area contributed by atoms with Gasteiger partial charge in [-0.15, -0.1) is 0 Å². The number of carbonyl (C=O) groups is 2. The lowest BCUT2D eigenvalue weighted by atomic mass is 10.0. The van der Waals surface area contributed by atoms with Crippen LogP contribution >= 0.6 is 0 Å². The van der Waals surface area contributed by atoms with Crippen LogP contribution in [0.5, 0.6) is 5.75 Å². The summed E-state index contributed by atoms with van der Waals surface area (Å²) in [5.74, 6) is -0.479. The van der Waals surface area contributed by atoms with Crippen molar-refractivity contribution >= 4 is 18.0 Å². The minimum absolute atomic E-state index is 0.0277. The van der Waals surface area contributed by atoms with E-state index in [1.165, 1.54) is 12.3 Å². The number of hydrogen-bond donors (Lipinski definition) is 3. The van der Waals surface area contributed by atoms with Crippen molar-refractivity contribution in [3.63, 3.8) is 0 Å². The highest BCUT2D eigenvalue weighted by atomic mass is 16.3. The van der Waals surface area contributed by atoms with Crippen LogP contribution < -0.4 is 10.7 Å². The number of carbonyl (C=O) groups excluding carboxylic acids is 2. The first-order valence-corrected chi connectivity index (χ1v) is 9.13. The second-order valence-corrected chi connectivity index (χ2v) is 6.40. The van der Waals surface area contributed by atoms with Gasteiger partial charge in [0.2, 0.25) is 5.91 Å². The molecule has 3 aromatic carbocycles. The number of nitrogens with one attached hydrogen (secondary N) is 2.